The predicted molar refractivity (Wildman–Crippen MR) is 213 cm³/mol. The lowest BCUT2D eigenvalue weighted by Gasteiger charge is -2.34. The molecule has 2 aromatic rings. The van der Waals surface area contributed by atoms with Crippen molar-refractivity contribution < 1.29 is 42.1 Å². The molecule has 2 amide bonds. The highest BCUT2D eigenvalue weighted by Crippen LogP contribution is 2.45. The van der Waals surface area contributed by atoms with Crippen LogP contribution in [-0.4, -0.2) is 126 Å². The molecule has 1 aliphatic carbocycles. The normalized spacial score (nSPS) is 12.5. The van der Waals surface area contributed by atoms with Crippen LogP contribution in [-0.2, 0) is 37.3 Å². The zero-order valence-electron chi connectivity index (χ0n) is 32.9. The number of fused-ring (bicyclic) bond motifs is 3. The van der Waals surface area contributed by atoms with E-state index in [1.165, 1.54) is 0 Å². The standard InChI is InChI=1S/C38H61N5O9Si2/c1-43(38(45)51-37-34-14-8-6-12-32(34)33-13-7-9-15-35(33)37)19-11-31-54(4,5)52-53(2,3)30-10-16-36(44)40-17-20-46-22-24-48-26-28-50-29-27-49-25-23-47-21-18-41-42-39/h6-9,12-15,37H,10-11,16-31H2,1-5H3,(H,40,44). The SMILES string of the molecule is CN(CCC[Si](C)(C)O[Si](C)(C)CCCC(=O)NCCOCCOCCOCCOCCOCCN=[N+]=[N-])C(=O)OC1c2ccccc2-c2ccccc21. The molecule has 16 heteroatoms. The molecule has 0 aliphatic heterocycles. The Kier molecular flexibility index (Phi) is 20.8. The van der Waals surface area contributed by atoms with Gasteiger partial charge in [0.05, 0.1) is 66.1 Å². The first-order valence-corrected chi connectivity index (χ1v) is 25.2. The third-order valence-electron chi connectivity index (χ3n) is 8.77. The van der Waals surface area contributed by atoms with Crippen LogP contribution in [0.15, 0.2) is 53.6 Å². The van der Waals surface area contributed by atoms with Crippen molar-refractivity contribution in [1.29, 1.82) is 0 Å². The third kappa shape index (κ3) is 17.4. The maximum Gasteiger partial charge on any atom is 0.410 e. The Morgan fingerprint density at radius 3 is 1.76 bits per heavy atom. The summed E-state index contributed by atoms with van der Waals surface area (Å²) in [6.07, 6.45) is 1.38. The largest absolute Gasteiger partial charge is 0.455 e. The van der Waals surface area contributed by atoms with Crippen molar-refractivity contribution in [3.63, 3.8) is 0 Å². The second-order valence-electron chi connectivity index (χ2n) is 14.3. The molecule has 54 heavy (non-hydrogen) atoms. The summed E-state index contributed by atoms with van der Waals surface area (Å²) in [5.41, 5.74) is 12.5. The highest BCUT2D eigenvalue weighted by molar-refractivity contribution is 6.84. The van der Waals surface area contributed by atoms with Gasteiger partial charge in [-0.15, -0.1) is 0 Å². The maximum atomic E-state index is 13.1. The number of benzene rings is 2. The van der Waals surface area contributed by atoms with Crippen molar-refractivity contribution in [3.05, 3.63) is 70.1 Å². The number of carbonyl (C=O) groups is 2. The van der Waals surface area contributed by atoms with E-state index >= 15 is 0 Å². The van der Waals surface area contributed by atoms with E-state index in [0.29, 0.717) is 92.1 Å². The van der Waals surface area contributed by atoms with Crippen molar-refractivity contribution >= 4 is 28.6 Å². The Balaban J connectivity index is 1.16. The average Bonchev–Trinajstić information content (AvgIpc) is 3.45. The molecule has 0 atom stereocenters. The van der Waals surface area contributed by atoms with Gasteiger partial charge in [-0.05, 0) is 67.8 Å². The van der Waals surface area contributed by atoms with Gasteiger partial charge in [0.25, 0.3) is 0 Å². The van der Waals surface area contributed by atoms with Crippen molar-refractivity contribution in [1.82, 2.24) is 10.2 Å². The number of nitrogens with zero attached hydrogens (tertiary/aromatic N) is 4. The first-order valence-electron chi connectivity index (χ1n) is 19.0. The van der Waals surface area contributed by atoms with E-state index in [1.807, 2.05) is 36.4 Å². The van der Waals surface area contributed by atoms with Gasteiger partial charge in [0.15, 0.2) is 22.7 Å². The van der Waals surface area contributed by atoms with Gasteiger partial charge in [0.1, 0.15) is 0 Å². The molecule has 0 unspecified atom stereocenters. The van der Waals surface area contributed by atoms with E-state index in [2.05, 4.69) is 53.7 Å². The number of ether oxygens (including phenoxy) is 6. The highest BCUT2D eigenvalue weighted by atomic mass is 28.4. The Bertz CT molecular complexity index is 1420. The summed E-state index contributed by atoms with van der Waals surface area (Å²) in [4.78, 5) is 29.8. The lowest BCUT2D eigenvalue weighted by molar-refractivity contribution is -0.121. The molecule has 0 radical (unpaired) electrons. The summed E-state index contributed by atoms with van der Waals surface area (Å²) in [6, 6.07) is 18.1. The van der Waals surface area contributed by atoms with Crippen molar-refractivity contribution in [3.8, 4) is 11.1 Å². The van der Waals surface area contributed by atoms with Gasteiger partial charge in [-0.25, -0.2) is 4.79 Å². The molecular weight excluding hydrogens is 727 g/mol. The van der Waals surface area contributed by atoms with Gasteiger partial charge in [-0.1, -0.05) is 53.6 Å². The Morgan fingerprint density at radius 1 is 0.741 bits per heavy atom. The minimum absolute atomic E-state index is 0.0228. The number of amides is 2. The maximum absolute atomic E-state index is 13.1. The molecule has 1 aliphatic rings. The molecule has 0 spiro atoms. The lowest BCUT2D eigenvalue weighted by Crippen LogP contribution is -2.44. The van der Waals surface area contributed by atoms with Crippen molar-refractivity contribution in [2.75, 3.05) is 92.8 Å². The fraction of sp³-hybridized carbons (Fsp3) is 0.632. The second-order valence-corrected chi connectivity index (χ2v) is 23.2. The van der Waals surface area contributed by atoms with E-state index in [1.54, 1.807) is 11.9 Å². The minimum Gasteiger partial charge on any atom is -0.455 e. The summed E-state index contributed by atoms with van der Waals surface area (Å²) in [6.45, 7) is 14.8. The van der Waals surface area contributed by atoms with Crippen LogP contribution in [0.1, 0.15) is 36.5 Å². The minimum atomic E-state index is -1.98. The summed E-state index contributed by atoms with van der Waals surface area (Å²) < 4.78 is 40.0. The van der Waals surface area contributed by atoms with Crippen LogP contribution in [0.25, 0.3) is 21.6 Å². The van der Waals surface area contributed by atoms with Crippen LogP contribution in [0.5, 0.6) is 0 Å². The quantitative estimate of drug-likeness (QED) is 0.0303. The zero-order chi connectivity index (χ0) is 39.1. The number of hydrogen-bond donors (Lipinski definition) is 1. The molecular formula is C38H61N5O9Si2. The Labute approximate surface area is 323 Å². The van der Waals surface area contributed by atoms with Gasteiger partial charge >= 0.3 is 6.09 Å². The number of hydrogen-bond acceptors (Lipinski definition) is 10. The first-order chi connectivity index (χ1) is 26.0. The summed E-state index contributed by atoms with van der Waals surface area (Å²) in [5, 5.41) is 6.31. The fourth-order valence-electron chi connectivity index (χ4n) is 6.27. The Hall–Kier alpha value is -3.32. The van der Waals surface area contributed by atoms with Crippen LogP contribution in [0.3, 0.4) is 0 Å². The predicted octanol–water partition coefficient (Wildman–Crippen LogP) is 6.93. The molecule has 3 rings (SSSR count). The smallest absolute Gasteiger partial charge is 0.410 e. The van der Waals surface area contributed by atoms with E-state index in [0.717, 1.165) is 47.2 Å². The molecule has 2 aromatic carbocycles. The van der Waals surface area contributed by atoms with E-state index in [9.17, 15) is 9.59 Å². The lowest BCUT2D eigenvalue weighted by atomic mass is 10.1. The number of nitrogens with one attached hydrogen (secondary N) is 1. The van der Waals surface area contributed by atoms with E-state index in [4.69, 9.17) is 38.1 Å². The summed E-state index contributed by atoms with van der Waals surface area (Å²) in [7, 11) is -2.15. The molecule has 0 saturated heterocycles. The fourth-order valence-corrected chi connectivity index (χ4v) is 15.1. The van der Waals surface area contributed by atoms with Crippen molar-refractivity contribution in [2.24, 2.45) is 5.11 Å². The van der Waals surface area contributed by atoms with Gasteiger partial charge in [-0.2, -0.15) is 0 Å². The van der Waals surface area contributed by atoms with Crippen molar-refractivity contribution in [2.45, 2.75) is 63.6 Å². The molecule has 0 heterocycles. The molecule has 1 N–H and O–H groups in total. The van der Waals surface area contributed by atoms with Gasteiger partial charge < -0.3 is 42.8 Å². The van der Waals surface area contributed by atoms with Gasteiger partial charge in [0, 0.05) is 49.1 Å². The number of azide groups is 1. The number of carbonyl (C=O) groups excluding carboxylic acids is 2. The average molecular weight is 788 g/mol. The molecule has 0 aromatic heterocycles. The Morgan fingerprint density at radius 2 is 1.22 bits per heavy atom. The molecule has 300 valence electrons. The molecule has 0 fully saturated rings. The van der Waals surface area contributed by atoms with E-state index in [-0.39, 0.29) is 12.0 Å². The van der Waals surface area contributed by atoms with Crippen LogP contribution in [0.4, 0.5) is 4.79 Å². The molecule has 0 saturated carbocycles. The molecule has 14 nitrogen and oxygen atoms in total. The summed E-state index contributed by atoms with van der Waals surface area (Å²) in [5.74, 6) is 0.0228. The molecule has 0 bridgehead atoms. The summed E-state index contributed by atoms with van der Waals surface area (Å²) >= 11 is 0. The van der Waals surface area contributed by atoms with Crippen LogP contribution < -0.4 is 5.32 Å². The van der Waals surface area contributed by atoms with Gasteiger partial charge in [-0.3, -0.25) is 4.79 Å². The third-order valence-corrected chi connectivity index (χ3v) is 16.3. The zero-order valence-corrected chi connectivity index (χ0v) is 34.9. The van der Waals surface area contributed by atoms with E-state index < -0.39 is 22.7 Å². The van der Waals surface area contributed by atoms with Crippen LogP contribution in [0.2, 0.25) is 38.3 Å². The highest BCUT2D eigenvalue weighted by Gasteiger charge is 2.34. The topological polar surface area (TPSA) is 163 Å². The number of rotatable bonds is 29. The van der Waals surface area contributed by atoms with Crippen LogP contribution in [0, 0.1) is 0 Å². The van der Waals surface area contributed by atoms with Gasteiger partial charge in [0.2, 0.25) is 5.91 Å². The first kappa shape index (κ1) is 45.1. The monoisotopic (exact) mass is 787 g/mol. The van der Waals surface area contributed by atoms with Crippen LogP contribution >= 0.6 is 0 Å². The second kappa shape index (κ2) is 25.0.